The highest BCUT2D eigenvalue weighted by atomic mass is 15.1. The second kappa shape index (κ2) is 5.66. The fraction of sp³-hybridized carbons (Fsp3) is 0.812. The van der Waals surface area contributed by atoms with Crippen LogP contribution in [0, 0.1) is 5.92 Å². The van der Waals surface area contributed by atoms with Gasteiger partial charge in [-0.3, -0.25) is 0 Å². The molecule has 3 nitrogen and oxygen atoms in total. The van der Waals surface area contributed by atoms with Gasteiger partial charge in [0.2, 0.25) is 0 Å². The molecule has 2 heterocycles. The maximum absolute atomic E-state index is 4.90. The standard InChI is InChI=1S/C16H27N3/c1-3-12-6-5-7-13(10-12)19-15-8-9-17-11-14(15)18-16(19)4-2/h12-13,17H,3-11H2,1-2H3. The van der Waals surface area contributed by atoms with Crippen LogP contribution in [0.2, 0.25) is 0 Å². The summed E-state index contributed by atoms with van der Waals surface area (Å²) >= 11 is 0. The van der Waals surface area contributed by atoms with E-state index in [0.717, 1.165) is 37.9 Å². The Morgan fingerprint density at radius 2 is 2.21 bits per heavy atom. The van der Waals surface area contributed by atoms with E-state index in [2.05, 4.69) is 23.7 Å². The van der Waals surface area contributed by atoms with Crippen molar-refractivity contribution in [2.24, 2.45) is 5.92 Å². The normalized spacial score (nSPS) is 27.3. The summed E-state index contributed by atoms with van der Waals surface area (Å²) in [6, 6.07) is 0.725. The Bertz CT molecular complexity index is 435. The molecule has 2 aliphatic rings. The average Bonchev–Trinajstić information content (AvgIpc) is 2.85. The third-order valence-electron chi connectivity index (χ3n) is 5.01. The quantitative estimate of drug-likeness (QED) is 0.905. The predicted molar refractivity (Wildman–Crippen MR) is 78.3 cm³/mol. The molecular weight excluding hydrogens is 234 g/mol. The molecule has 0 saturated heterocycles. The smallest absolute Gasteiger partial charge is 0.109 e. The molecule has 0 amide bonds. The molecule has 1 aliphatic heterocycles. The van der Waals surface area contributed by atoms with Gasteiger partial charge in [-0.2, -0.15) is 0 Å². The van der Waals surface area contributed by atoms with Crippen LogP contribution in [0.1, 0.15) is 69.2 Å². The van der Waals surface area contributed by atoms with Gasteiger partial charge in [0.05, 0.1) is 5.69 Å². The van der Waals surface area contributed by atoms with Crippen molar-refractivity contribution in [2.75, 3.05) is 6.54 Å². The summed E-state index contributed by atoms with van der Waals surface area (Å²) in [5.74, 6) is 2.26. The Morgan fingerprint density at radius 3 is 3.00 bits per heavy atom. The molecule has 0 bridgehead atoms. The van der Waals surface area contributed by atoms with Gasteiger partial charge in [0.1, 0.15) is 5.82 Å². The number of hydrogen-bond acceptors (Lipinski definition) is 2. The molecule has 1 aromatic rings. The minimum atomic E-state index is 0.725. The molecule has 106 valence electrons. The maximum atomic E-state index is 4.90. The first kappa shape index (κ1) is 13.2. The highest BCUT2D eigenvalue weighted by molar-refractivity contribution is 5.21. The molecule has 2 atom stereocenters. The van der Waals surface area contributed by atoms with Gasteiger partial charge >= 0.3 is 0 Å². The molecule has 0 spiro atoms. The topological polar surface area (TPSA) is 29.9 Å². The van der Waals surface area contributed by atoms with Crippen molar-refractivity contribution < 1.29 is 0 Å². The zero-order chi connectivity index (χ0) is 13.2. The number of imidazole rings is 1. The van der Waals surface area contributed by atoms with Gasteiger partial charge in [0.25, 0.3) is 0 Å². The van der Waals surface area contributed by atoms with Crippen molar-refractivity contribution in [1.29, 1.82) is 0 Å². The van der Waals surface area contributed by atoms with Crippen LogP contribution in [0.4, 0.5) is 0 Å². The molecule has 0 radical (unpaired) electrons. The highest BCUT2D eigenvalue weighted by Gasteiger charge is 2.28. The van der Waals surface area contributed by atoms with E-state index in [1.807, 2.05) is 0 Å². The van der Waals surface area contributed by atoms with Gasteiger partial charge in [0.15, 0.2) is 0 Å². The Hall–Kier alpha value is -0.830. The van der Waals surface area contributed by atoms with E-state index >= 15 is 0 Å². The number of nitrogens with zero attached hydrogens (tertiary/aromatic N) is 2. The van der Waals surface area contributed by atoms with Crippen LogP contribution in [0.25, 0.3) is 0 Å². The summed E-state index contributed by atoms with van der Waals surface area (Å²) in [6.07, 6.45) is 9.15. The van der Waals surface area contributed by atoms with Crippen molar-refractivity contribution in [1.82, 2.24) is 14.9 Å². The van der Waals surface area contributed by atoms with Crippen LogP contribution in [-0.4, -0.2) is 16.1 Å². The van der Waals surface area contributed by atoms with Crippen LogP contribution in [0.15, 0.2) is 0 Å². The van der Waals surface area contributed by atoms with Crippen LogP contribution in [0.5, 0.6) is 0 Å². The molecule has 3 rings (SSSR count). The second-order valence-electron chi connectivity index (χ2n) is 6.17. The largest absolute Gasteiger partial charge is 0.329 e. The maximum Gasteiger partial charge on any atom is 0.109 e. The Labute approximate surface area is 116 Å². The predicted octanol–water partition coefficient (Wildman–Crippen LogP) is 3.23. The lowest BCUT2D eigenvalue weighted by atomic mass is 9.84. The fourth-order valence-electron chi connectivity index (χ4n) is 3.94. The van der Waals surface area contributed by atoms with Gasteiger partial charge in [0, 0.05) is 37.7 Å². The zero-order valence-corrected chi connectivity index (χ0v) is 12.4. The van der Waals surface area contributed by atoms with Crippen LogP contribution in [-0.2, 0) is 19.4 Å². The van der Waals surface area contributed by atoms with E-state index in [0.29, 0.717) is 0 Å². The first-order chi connectivity index (χ1) is 9.33. The minimum absolute atomic E-state index is 0.725. The van der Waals surface area contributed by atoms with Crippen LogP contribution >= 0.6 is 0 Å². The number of hydrogen-bond donors (Lipinski definition) is 1. The summed E-state index contributed by atoms with van der Waals surface area (Å²) in [5, 5.41) is 3.45. The molecule has 19 heavy (non-hydrogen) atoms. The van der Waals surface area contributed by atoms with E-state index < -0.39 is 0 Å². The Morgan fingerprint density at radius 1 is 1.32 bits per heavy atom. The average molecular weight is 261 g/mol. The minimum Gasteiger partial charge on any atom is -0.329 e. The second-order valence-corrected chi connectivity index (χ2v) is 6.17. The third kappa shape index (κ3) is 2.45. The lowest BCUT2D eigenvalue weighted by Gasteiger charge is -2.32. The molecule has 3 heteroatoms. The molecule has 1 saturated carbocycles. The first-order valence-electron chi connectivity index (χ1n) is 8.13. The number of aryl methyl sites for hydroxylation is 1. The van der Waals surface area contributed by atoms with Crippen molar-refractivity contribution in [3.05, 3.63) is 17.2 Å². The van der Waals surface area contributed by atoms with Crippen LogP contribution < -0.4 is 5.32 Å². The van der Waals surface area contributed by atoms with E-state index in [1.165, 1.54) is 49.3 Å². The summed E-state index contributed by atoms with van der Waals surface area (Å²) in [5.41, 5.74) is 2.86. The lowest BCUT2D eigenvalue weighted by molar-refractivity contribution is 0.253. The van der Waals surface area contributed by atoms with E-state index in [9.17, 15) is 0 Å². The Kier molecular flexibility index (Phi) is 3.92. The molecule has 0 aromatic carbocycles. The van der Waals surface area contributed by atoms with Crippen molar-refractivity contribution in [2.45, 2.75) is 71.4 Å². The van der Waals surface area contributed by atoms with Gasteiger partial charge in [-0.05, 0) is 18.8 Å². The summed E-state index contributed by atoms with van der Waals surface area (Å²) < 4.78 is 2.64. The zero-order valence-electron chi connectivity index (χ0n) is 12.4. The van der Waals surface area contributed by atoms with Gasteiger partial charge in [-0.25, -0.2) is 4.98 Å². The lowest BCUT2D eigenvalue weighted by Crippen LogP contribution is -2.27. The molecular formula is C16H27N3. The number of nitrogens with one attached hydrogen (secondary N) is 1. The fourth-order valence-corrected chi connectivity index (χ4v) is 3.94. The Balaban J connectivity index is 1.92. The summed E-state index contributed by atoms with van der Waals surface area (Å²) in [6.45, 7) is 6.68. The van der Waals surface area contributed by atoms with Crippen molar-refractivity contribution in [3.8, 4) is 0 Å². The van der Waals surface area contributed by atoms with E-state index in [1.54, 1.807) is 0 Å². The highest BCUT2D eigenvalue weighted by Crippen LogP contribution is 2.36. The molecule has 1 aromatic heterocycles. The van der Waals surface area contributed by atoms with E-state index in [4.69, 9.17) is 4.98 Å². The number of fused-ring (bicyclic) bond motifs is 1. The monoisotopic (exact) mass is 261 g/mol. The summed E-state index contributed by atoms with van der Waals surface area (Å²) in [4.78, 5) is 4.90. The number of rotatable bonds is 3. The first-order valence-corrected chi connectivity index (χ1v) is 8.13. The van der Waals surface area contributed by atoms with Crippen molar-refractivity contribution in [3.63, 3.8) is 0 Å². The summed E-state index contributed by atoms with van der Waals surface area (Å²) in [7, 11) is 0. The SMILES string of the molecule is CCc1nc2c(n1C1CCCC(CC)C1)CCNC2. The van der Waals surface area contributed by atoms with E-state index in [-0.39, 0.29) is 0 Å². The van der Waals surface area contributed by atoms with Crippen LogP contribution in [0.3, 0.4) is 0 Å². The van der Waals surface area contributed by atoms with Gasteiger partial charge in [-0.15, -0.1) is 0 Å². The third-order valence-corrected chi connectivity index (χ3v) is 5.01. The van der Waals surface area contributed by atoms with Gasteiger partial charge < -0.3 is 9.88 Å². The van der Waals surface area contributed by atoms with Crippen molar-refractivity contribution >= 4 is 0 Å². The molecule has 1 fully saturated rings. The molecule has 1 aliphatic carbocycles. The number of aromatic nitrogens is 2. The van der Waals surface area contributed by atoms with Gasteiger partial charge in [-0.1, -0.05) is 33.1 Å². The molecule has 1 N–H and O–H groups in total. The molecule has 2 unspecified atom stereocenters.